The molecule has 7 heteroatoms. The first-order valence-corrected chi connectivity index (χ1v) is 6.50. The summed E-state index contributed by atoms with van der Waals surface area (Å²) in [6, 6.07) is 5.39. The maximum Gasteiger partial charge on any atom is 0.215 e. The van der Waals surface area contributed by atoms with Gasteiger partial charge in [0.1, 0.15) is 18.4 Å². The lowest BCUT2D eigenvalue weighted by Gasteiger charge is -1.95. The summed E-state index contributed by atoms with van der Waals surface area (Å²) in [6.07, 6.45) is 7.69. The SMILES string of the molecule is O=C(C=C(O)c1nc[nH]n1)c1coc(Cc2ccncc2)c1. The van der Waals surface area contributed by atoms with Crippen LogP contribution in [0.1, 0.15) is 27.5 Å². The van der Waals surface area contributed by atoms with E-state index in [1.54, 1.807) is 18.5 Å². The lowest BCUT2D eigenvalue weighted by atomic mass is 10.1. The molecule has 0 bridgehead atoms. The van der Waals surface area contributed by atoms with Gasteiger partial charge in [0.15, 0.2) is 11.5 Å². The Labute approximate surface area is 125 Å². The monoisotopic (exact) mass is 296 g/mol. The van der Waals surface area contributed by atoms with Crippen molar-refractivity contribution in [3.05, 3.63) is 72.0 Å². The minimum Gasteiger partial charge on any atom is -0.504 e. The van der Waals surface area contributed by atoms with E-state index in [4.69, 9.17) is 4.42 Å². The highest BCUT2D eigenvalue weighted by atomic mass is 16.3. The smallest absolute Gasteiger partial charge is 0.215 e. The van der Waals surface area contributed by atoms with Crippen molar-refractivity contribution in [2.75, 3.05) is 0 Å². The summed E-state index contributed by atoms with van der Waals surface area (Å²) in [7, 11) is 0. The van der Waals surface area contributed by atoms with Gasteiger partial charge in [-0.15, -0.1) is 0 Å². The van der Waals surface area contributed by atoms with Crippen LogP contribution in [0, 0.1) is 0 Å². The number of ketones is 1. The molecule has 0 fully saturated rings. The molecule has 0 atom stereocenters. The molecule has 7 nitrogen and oxygen atoms in total. The highest BCUT2D eigenvalue weighted by Gasteiger charge is 2.12. The summed E-state index contributed by atoms with van der Waals surface area (Å²) in [5.74, 6) is 0.0318. The molecule has 110 valence electrons. The lowest BCUT2D eigenvalue weighted by molar-refractivity contribution is 0.104. The highest BCUT2D eigenvalue weighted by molar-refractivity contribution is 6.07. The van der Waals surface area contributed by atoms with Crippen LogP contribution in [-0.2, 0) is 6.42 Å². The number of nitrogens with zero attached hydrogens (tertiary/aromatic N) is 3. The molecular formula is C15H12N4O3. The number of carbonyl (C=O) groups is 1. The van der Waals surface area contributed by atoms with Crippen molar-refractivity contribution in [3.63, 3.8) is 0 Å². The van der Waals surface area contributed by atoms with E-state index in [0.717, 1.165) is 11.6 Å². The van der Waals surface area contributed by atoms with Gasteiger partial charge in [-0.1, -0.05) is 0 Å². The summed E-state index contributed by atoms with van der Waals surface area (Å²) in [5.41, 5.74) is 1.38. The van der Waals surface area contributed by atoms with Gasteiger partial charge in [-0.3, -0.25) is 14.9 Å². The zero-order chi connectivity index (χ0) is 15.4. The number of aliphatic hydroxyl groups is 1. The standard InChI is InChI=1S/C15H12N4O3/c20-13(7-14(21)15-17-9-18-19-15)11-6-12(22-8-11)5-10-1-3-16-4-2-10/h1-4,6-9,21H,5H2,(H,17,18,19). The van der Waals surface area contributed by atoms with E-state index < -0.39 is 0 Å². The number of allylic oxidation sites excluding steroid dienone is 1. The predicted octanol–water partition coefficient (Wildman–Crippen LogP) is 2.17. The third-order valence-corrected chi connectivity index (χ3v) is 2.98. The van der Waals surface area contributed by atoms with Gasteiger partial charge in [-0.25, -0.2) is 4.98 Å². The number of aromatic amines is 1. The predicted molar refractivity (Wildman–Crippen MR) is 77.1 cm³/mol. The molecule has 0 saturated carbocycles. The van der Waals surface area contributed by atoms with Gasteiger partial charge < -0.3 is 9.52 Å². The minimum absolute atomic E-state index is 0.0638. The van der Waals surface area contributed by atoms with E-state index in [1.807, 2.05) is 12.1 Å². The second-order valence-corrected chi connectivity index (χ2v) is 4.55. The molecule has 0 radical (unpaired) electrons. The van der Waals surface area contributed by atoms with Crippen molar-refractivity contribution in [3.8, 4) is 0 Å². The van der Waals surface area contributed by atoms with Gasteiger partial charge in [0, 0.05) is 24.9 Å². The first-order valence-electron chi connectivity index (χ1n) is 6.50. The number of H-pyrrole nitrogens is 1. The Balaban J connectivity index is 1.73. The Morgan fingerprint density at radius 3 is 2.91 bits per heavy atom. The fourth-order valence-electron chi connectivity index (χ4n) is 1.91. The van der Waals surface area contributed by atoms with E-state index in [1.165, 1.54) is 12.6 Å². The highest BCUT2D eigenvalue weighted by Crippen LogP contribution is 2.15. The van der Waals surface area contributed by atoms with E-state index in [9.17, 15) is 9.90 Å². The molecule has 0 aliphatic heterocycles. The maximum atomic E-state index is 12.0. The van der Waals surface area contributed by atoms with Gasteiger partial charge in [0.25, 0.3) is 0 Å². The number of hydrogen-bond acceptors (Lipinski definition) is 6. The van der Waals surface area contributed by atoms with Crippen LogP contribution >= 0.6 is 0 Å². The third-order valence-electron chi connectivity index (χ3n) is 2.98. The first-order chi connectivity index (χ1) is 10.7. The van der Waals surface area contributed by atoms with Gasteiger partial charge >= 0.3 is 0 Å². The summed E-state index contributed by atoms with van der Waals surface area (Å²) in [6.45, 7) is 0. The Kier molecular flexibility index (Phi) is 3.78. The number of rotatable bonds is 5. The number of hydrogen-bond donors (Lipinski definition) is 2. The molecule has 3 aromatic heterocycles. The van der Waals surface area contributed by atoms with Crippen LogP contribution in [-0.4, -0.2) is 31.1 Å². The molecule has 3 heterocycles. The normalized spacial score (nSPS) is 11.5. The number of furan rings is 1. The molecule has 0 spiro atoms. The zero-order valence-corrected chi connectivity index (χ0v) is 11.4. The summed E-state index contributed by atoms with van der Waals surface area (Å²) in [4.78, 5) is 19.7. The molecule has 0 amide bonds. The topological polar surface area (TPSA) is 105 Å². The van der Waals surface area contributed by atoms with Crippen LogP contribution in [0.3, 0.4) is 0 Å². The van der Waals surface area contributed by atoms with Gasteiger partial charge in [0.05, 0.1) is 5.56 Å². The average Bonchev–Trinajstić information content (AvgIpc) is 3.19. The van der Waals surface area contributed by atoms with Crippen molar-refractivity contribution >= 4 is 11.5 Å². The van der Waals surface area contributed by atoms with Gasteiger partial charge in [-0.2, -0.15) is 5.10 Å². The molecule has 0 saturated heterocycles. The minimum atomic E-state index is -0.382. The van der Waals surface area contributed by atoms with E-state index in [2.05, 4.69) is 20.2 Å². The van der Waals surface area contributed by atoms with Crippen molar-refractivity contribution in [2.24, 2.45) is 0 Å². The van der Waals surface area contributed by atoms with Crippen molar-refractivity contribution in [1.29, 1.82) is 0 Å². The molecule has 2 N–H and O–H groups in total. The maximum absolute atomic E-state index is 12.0. The molecule has 0 aromatic carbocycles. The fourth-order valence-corrected chi connectivity index (χ4v) is 1.91. The quantitative estimate of drug-likeness (QED) is 0.424. The second kappa shape index (κ2) is 6.04. The fraction of sp³-hybridized carbons (Fsp3) is 0.0667. The van der Waals surface area contributed by atoms with Crippen molar-refractivity contribution in [1.82, 2.24) is 20.2 Å². The number of carbonyl (C=O) groups excluding carboxylic acids is 1. The largest absolute Gasteiger partial charge is 0.504 e. The third kappa shape index (κ3) is 3.09. The molecular weight excluding hydrogens is 284 g/mol. The average molecular weight is 296 g/mol. The molecule has 0 aliphatic rings. The summed E-state index contributed by atoms with van der Waals surface area (Å²) < 4.78 is 5.37. The van der Waals surface area contributed by atoms with E-state index in [0.29, 0.717) is 17.7 Å². The van der Waals surface area contributed by atoms with E-state index >= 15 is 0 Å². The van der Waals surface area contributed by atoms with Crippen LogP contribution in [0.5, 0.6) is 0 Å². The molecule has 0 aliphatic carbocycles. The van der Waals surface area contributed by atoms with Crippen molar-refractivity contribution in [2.45, 2.75) is 6.42 Å². The van der Waals surface area contributed by atoms with Gasteiger partial charge in [-0.05, 0) is 23.8 Å². The second-order valence-electron chi connectivity index (χ2n) is 4.55. The number of nitrogens with one attached hydrogen (secondary N) is 1. The summed E-state index contributed by atoms with van der Waals surface area (Å²) >= 11 is 0. The molecule has 0 unspecified atom stereocenters. The molecule has 22 heavy (non-hydrogen) atoms. The summed E-state index contributed by atoms with van der Waals surface area (Å²) in [5, 5.41) is 15.9. The van der Waals surface area contributed by atoms with Crippen LogP contribution < -0.4 is 0 Å². The Morgan fingerprint density at radius 2 is 2.18 bits per heavy atom. The number of aromatic nitrogens is 4. The Bertz CT molecular complexity index is 791. The van der Waals surface area contributed by atoms with E-state index in [-0.39, 0.29) is 17.4 Å². The zero-order valence-electron chi connectivity index (χ0n) is 11.4. The Morgan fingerprint density at radius 1 is 1.36 bits per heavy atom. The van der Waals surface area contributed by atoms with Crippen LogP contribution in [0.25, 0.3) is 5.76 Å². The van der Waals surface area contributed by atoms with Crippen LogP contribution in [0.15, 0.2) is 53.7 Å². The van der Waals surface area contributed by atoms with Crippen LogP contribution in [0.2, 0.25) is 0 Å². The first kappa shape index (κ1) is 13.7. The van der Waals surface area contributed by atoms with Gasteiger partial charge in [0.2, 0.25) is 5.82 Å². The van der Waals surface area contributed by atoms with Crippen molar-refractivity contribution < 1.29 is 14.3 Å². The number of pyridine rings is 1. The molecule has 3 rings (SSSR count). The van der Waals surface area contributed by atoms with Crippen LogP contribution in [0.4, 0.5) is 0 Å². The molecule has 3 aromatic rings. The number of aliphatic hydroxyl groups excluding tert-OH is 1. The Hall–Kier alpha value is -3.22. The lowest BCUT2D eigenvalue weighted by Crippen LogP contribution is -1.96.